The molecule has 0 fully saturated rings. The maximum atomic E-state index is 5.72. The molecule has 1 aromatic heterocycles. The van der Waals surface area contributed by atoms with E-state index in [4.69, 9.17) is 5.73 Å². The van der Waals surface area contributed by atoms with Gasteiger partial charge in [0.2, 0.25) is 5.95 Å². The number of benzene rings is 1. The zero-order valence-electron chi connectivity index (χ0n) is 11.1. The fraction of sp³-hybridized carbons (Fsp3) is 0.333. The molecule has 2 heterocycles. The fourth-order valence-corrected chi connectivity index (χ4v) is 2.66. The van der Waals surface area contributed by atoms with Crippen molar-refractivity contribution in [3.63, 3.8) is 0 Å². The van der Waals surface area contributed by atoms with Gasteiger partial charge in [-0.2, -0.15) is 0 Å². The van der Waals surface area contributed by atoms with Crippen molar-refractivity contribution >= 4 is 11.6 Å². The molecule has 1 aliphatic rings. The summed E-state index contributed by atoms with van der Waals surface area (Å²) < 4.78 is 0. The monoisotopic (exact) mass is 254 g/mol. The third-order valence-electron chi connectivity index (χ3n) is 3.59. The number of hydrogen-bond acceptors (Lipinski definition) is 4. The average molecular weight is 254 g/mol. The second-order valence-electron chi connectivity index (χ2n) is 5.00. The van der Waals surface area contributed by atoms with Crippen molar-refractivity contribution in [3.05, 3.63) is 47.8 Å². The summed E-state index contributed by atoms with van der Waals surface area (Å²) in [5.41, 5.74) is 9.37. The predicted molar refractivity (Wildman–Crippen MR) is 76.6 cm³/mol. The number of anilines is 2. The first-order valence-corrected chi connectivity index (χ1v) is 6.65. The largest absolute Gasteiger partial charge is 0.330 e. The van der Waals surface area contributed by atoms with Gasteiger partial charge in [-0.25, -0.2) is 9.97 Å². The molecule has 2 aromatic rings. The highest BCUT2D eigenvalue weighted by molar-refractivity contribution is 5.67. The van der Waals surface area contributed by atoms with Crippen LogP contribution in [0.1, 0.15) is 23.5 Å². The summed E-state index contributed by atoms with van der Waals surface area (Å²) >= 11 is 0. The standard InChI is InChI=1S/C15H18N4/c1-11-8-17-15(18-9-11)19-10-12(6-7-16)13-4-2-3-5-14(13)19/h2-5,8-9,12H,6-7,10,16H2,1H3. The van der Waals surface area contributed by atoms with Gasteiger partial charge in [0.15, 0.2) is 0 Å². The summed E-state index contributed by atoms with van der Waals surface area (Å²) in [5.74, 6) is 1.25. The van der Waals surface area contributed by atoms with Crippen molar-refractivity contribution in [2.45, 2.75) is 19.3 Å². The molecule has 1 aromatic carbocycles. The average Bonchev–Trinajstić information content (AvgIpc) is 2.80. The van der Waals surface area contributed by atoms with E-state index in [2.05, 4.69) is 39.1 Å². The molecule has 1 unspecified atom stereocenters. The van der Waals surface area contributed by atoms with E-state index in [-0.39, 0.29) is 0 Å². The Bertz CT molecular complexity index is 565. The van der Waals surface area contributed by atoms with E-state index in [1.54, 1.807) is 0 Å². The van der Waals surface area contributed by atoms with Gasteiger partial charge in [-0.1, -0.05) is 18.2 Å². The van der Waals surface area contributed by atoms with Crippen molar-refractivity contribution in [2.75, 3.05) is 18.0 Å². The Hall–Kier alpha value is -1.94. The highest BCUT2D eigenvalue weighted by Gasteiger charge is 2.29. The van der Waals surface area contributed by atoms with Gasteiger partial charge >= 0.3 is 0 Å². The summed E-state index contributed by atoms with van der Waals surface area (Å²) in [6.45, 7) is 3.63. The Balaban J connectivity index is 1.98. The van der Waals surface area contributed by atoms with Crippen molar-refractivity contribution in [1.29, 1.82) is 0 Å². The number of nitrogens with zero attached hydrogens (tertiary/aromatic N) is 3. The summed E-state index contributed by atoms with van der Waals surface area (Å²) in [6.07, 6.45) is 4.72. The zero-order valence-corrected chi connectivity index (χ0v) is 11.1. The maximum absolute atomic E-state index is 5.72. The molecule has 4 nitrogen and oxygen atoms in total. The minimum atomic E-state index is 0.478. The molecular formula is C15H18N4. The highest BCUT2D eigenvalue weighted by atomic mass is 15.3. The Morgan fingerprint density at radius 3 is 2.74 bits per heavy atom. The smallest absolute Gasteiger partial charge is 0.229 e. The minimum Gasteiger partial charge on any atom is -0.330 e. The Kier molecular flexibility index (Phi) is 3.17. The topological polar surface area (TPSA) is 55.0 Å². The van der Waals surface area contributed by atoms with E-state index in [1.165, 1.54) is 11.3 Å². The fourth-order valence-electron chi connectivity index (χ4n) is 2.66. The lowest BCUT2D eigenvalue weighted by molar-refractivity contribution is 0.665. The Morgan fingerprint density at radius 1 is 1.26 bits per heavy atom. The van der Waals surface area contributed by atoms with Crippen LogP contribution >= 0.6 is 0 Å². The third kappa shape index (κ3) is 2.19. The summed E-state index contributed by atoms with van der Waals surface area (Å²) in [6, 6.07) is 8.46. The van der Waals surface area contributed by atoms with E-state index < -0.39 is 0 Å². The van der Waals surface area contributed by atoms with Crippen molar-refractivity contribution in [1.82, 2.24) is 9.97 Å². The molecule has 0 saturated carbocycles. The van der Waals surface area contributed by atoms with Crippen LogP contribution in [0.4, 0.5) is 11.6 Å². The first-order chi connectivity index (χ1) is 9.29. The van der Waals surface area contributed by atoms with E-state index in [0.717, 1.165) is 24.5 Å². The second-order valence-corrected chi connectivity index (χ2v) is 5.00. The molecule has 3 rings (SSSR count). The molecule has 1 aliphatic heterocycles. The minimum absolute atomic E-state index is 0.478. The van der Waals surface area contributed by atoms with Gasteiger partial charge in [0.1, 0.15) is 0 Å². The summed E-state index contributed by atoms with van der Waals surface area (Å²) in [5, 5.41) is 0. The molecule has 98 valence electrons. The molecule has 0 spiro atoms. The molecule has 4 heteroatoms. The molecular weight excluding hydrogens is 236 g/mol. The van der Waals surface area contributed by atoms with Crippen LogP contribution in [-0.2, 0) is 0 Å². The normalized spacial score (nSPS) is 17.6. The van der Waals surface area contributed by atoms with E-state index >= 15 is 0 Å². The van der Waals surface area contributed by atoms with Crippen LogP contribution in [0, 0.1) is 6.92 Å². The lowest BCUT2D eigenvalue weighted by Gasteiger charge is -2.17. The number of hydrogen-bond donors (Lipinski definition) is 1. The van der Waals surface area contributed by atoms with E-state index in [0.29, 0.717) is 12.5 Å². The Labute approximate surface area is 113 Å². The molecule has 0 aliphatic carbocycles. The lowest BCUT2D eigenvalue weighted by Crippen LogP contribution is -2.19. The van der Waals surface area contributed by atoms with Gasteiger partial charge in [0.05, 0.1) is 0 Å². The van der Waals surface area contributed by atoms with Gasteiger partial charge in [0, 0.05) is 30.5 Å². The first kappa shape index (κ1) is 12.1. The highest BCUT2D eigenvalue weighted by Crippen LogP contribution is 2.40. The van der Waals surface area contributed by atoms with Gasteiger partial charge < -0.3 is 10.6 Å². The number of aryl methyl sites for hydroxylation is 1. The Morgan fingerprint density at radius 2 is 2.00 bits per heavy atom. The molecule has 0 saturated heterocycles. The van der Waals surface area contributed by atoms with Crippen molar-refractivity contribution in [3.8, 4) is 0 Å². The van der Waals surface area contributed by atoms with Gasteiger partial charge in [0.25, 0.3) is 0 Å². The number of aromatic nitrogens is 2. The number of fused-ring (bicyclic) bond motifs is 1. The predicted octanol–water partition coefficient (Wildman–Crippen LogP) is 2.37. The quantitative estimate of drug-likeness (QED) is 0.913. The van der Waals surface area contributed by atoms with E-state index in [9.17, 15) is 0 Å². The molecule has 0 bridgehead atoms. The molecule has 1 atom stereocenters. The molecule has 19 heavy (non-hydrogen) atoms. The van der Waals surface area contributed by atoms with E-state index in [1.807, 2.05) is 19.3 Å². The summed E-state index contributed by atoms with van der Waals surface area (Å²) in [4.78, 5) is 11.1. The first-order valence-electron chi connectivity index (χ1n) is 6.65. The van der Waals surface area contributed by atoms with Crippen molar-refractivity contribution in [2.24, 2.45) is 5.73 Å². The third-order valence-corrected chi connectivity index (χ3v) is 3.59. The van der Waals surface area contributed by atoms with Crippen LogP contribution in [0.15, 0.2) is 36.7 Å². The summed E-state index contributed by atoms with van der Waals surface area (Å²) in [7, 11) is 0. The van der Waals surface area contributed by atoms with Crippen LogP contribution < -0.4 is 10.6 Å². The molecule has 0 radical (unpaired) electrons. The van der Waals surface area contributed by atoms with Crippen LogP contribution in [0.5, 0.6) is 0 Å². The maximum Gasteiger partial charge on any atom is 0.229 e. The zero-order chi connectivity index (χ0) is 13.2. The van der Waals surface area contributed by atoms with Crippen molar-refractivity contribution < 1.29 is 0 Å². The lowest BCUT2D eigenvalue weighted by atomic mass is 9.98. The van der Waals surface area contributed by atoms with Crippen LogP contribution in [-0.4, -0.2) is 23.1 Å². The molecule has 2 N–H and O–H groups in total. The number of nitrogens with two attached hydrogens (primary N) is 1. The molecule has 0 amide bonds. The van der Waals surface area contributed by atoms with Gasteiger partial charge in [-0.05, 0) is 37.1 Å². The number of rotatable bonds is 3. The van der Waals surface area contributed by atoms with Crippen LogP contribution in [0.3, 0.4) is 0 Å². The van der Waals surface area contributed by atoms with Gasteiger partial charge in [-0.3, -0.25) is 0 Å². The van der Waals surface area contributed by atoms with Crippen LogP contribution in [0.25, 0.3) is 0 Å². The second kappa shape index (κ2) is 4.97. The number of para-hydroxylation sites is 1. The van der Waals surface area contributed by atoms with Gasteiger partial charge in [-0.15, -0.1) is 0 Å². The SMILES string of the molecule is Cc1cnc(N2CC(CCN)c3ccccc32)nc1. The van der Waals surface area contributed by atoms with Crippen LogP contribution in [0.2, 0.25) is 0 Å².